The molecule has 20 heavy (non-hydrogen) atoms. The molecule has 0 saturated heterocycles. The van der Waals surface area contributed by atoms with Crippen LogP contribution in [-0.4, -0.2) is 25.2 Å². The molecular weight excluding hydrogens is 248 g/mol. The highest BCUT2D eigenvalue weighted by Gasteiger charge is 2.30. The van der Waals surface area contributed by atoms with E-state index in [0.29, 0.717) is 5.92 Å². The summed E-state index contributed by atoms with van der Waals surface area (Å²) in [6.45, 7) is 15.2. The number of nitrogens with zero attached hydrogens (tertiary/aromatic N) is 1. The van der Waals surface area contributed by atoms with Crippen molar-refractivity contribution in [2.75, 3.05) is 20.2 Å². The molecule has 114 valence electrons. The number of ether oxygens (including phenoxy) is 1. The van der Waals surface area contributed by atoms with Crippen LogP contribution in [0.3, 0.4) is 0 Å². The lowest BCUT2D eigenvalue weighted by atomic mass is 9.74. The number of aryl methyl sites for hydroxylation is 1. The van der Waals surface area contributed by atoms with Gasteiger partial charge in [-0.05, 0) is 38.1 Å². The lowest BCUT2D eigenvalue weighted by molar-refractivity contribution is 0.206. The van der Waals surface area contributed by atoms with Crippen molar-refractivity contribution in [3.05, 3.63) is 23.0 Å². The van der Waals surface area contributed by atoms with Gasteiger partial charge in [0.2, 0.25) is 0 Å². The predicted molar refractivity (Wildman–Crippen MR) is 85.5 cm³/mol. The van der Waals surface area contributed by atoms with Crippen LogP contribution in [0.4, 0.5) is 0 Å². The number of rotatable bonds is 7. The highest BCUT2D eigenvalue weighted by atomic mass is 16.5. The van der Waals surface area contributed by atoms with Gasteiger partial charge in [-0.25, -0.2) is 0 Å². The van der Waals surface area contributed by atoms with Gasteiger partial charge < -0.3 is 10.1 Å². The van der Waals surface area contributed by atoms with Gasteiger partial charge in [-0.3, -0.25) is 4.98 Å². The minimum atomic E-state index is 0.202. The Kier molecular flexibility index (Phi) is 6.00. The van der Waals surface area contributed by atoms with E-state index in [1.807, 2.05) is 13.1 Å². The normalized spacial score (nSPS) is 14.4. The highest BCUT2D eigenvalue weighted by molar-refractivity contribution is 5.41. The number of aromatic nitrogens is 1. The van der Waals surface area contributed by atoms with E-state index in [1.54, 1.807) is 7.11 Å². The van der Waals surface area contributed by atoms with Gasteiger partial charge in [0, 0.05) is 29.6 Å². The summed E-state index contributed by atoms with van der Waals surface area (Å²) >= 11 is 0. The second-order valence-corrected chi connectivity index (χ2v) is 6.31. The van der Waals surface area contributed by atoms with Gasteiger partial charge in [0.25, 0.3) is 0 Å². The summed E-state index contributed by atoms with van der Waals surface area (Å²) in [5.74, 6) is 1.57. The first-order valence-corrected chi connectivity index (χ1v) is 7.55. The Morgan fingerprint density at radius 2 is 2.00 bits per heavy atom. The Morgan fingerprint density at radius 3 is 2.50 bits per heavy atom. The fraction of sp³-hybridized carbons (Fsp3) is 0.706. The number of pyridine rings is 1. The molecule has 0 aliphatic heterocycles. The first-order valence-electron chi connectivity index (χ1n) is 7.55. The Hall–Kier alpha value is -1.09. The average Bonchev–Trinajstić information content (AvgIpc) is 2.40. The molecule has 1 aromatic heterocycles. The number of nitrogens with one attached hydrogen (secondary N) is 1. The zero-order chi connectivity index (χ0) is 15.3. The van der Waals surface area contributed by atoms with Crippen molar-refractivity contribution in [2.24, 2.45) is 11.3 Å². The second-order valence-electron chi connectivity index (χ2n) is 6.31. The van der Waals surface area contributed by atoms with Gasteiger partial charge in [-0.1, -0.05) is 27.7 Å². The maximum atomic E-state index is 5.52. The summed E-state index contributed by atoms with van der Waals surface area (Å²) in [5, 5.41) is 3.49. The van der Waals surface area contributed by atoms with Crippen LogP contribution in [0.15, 0.2) is 6.20 Å². The van der Waals surface area contributed by atoms with Gasteiger partial charge in [0.05, 0.1) is 7.11 Å². The average molecular weight is 278 g/mol. The van der Waals surface area contributed by atoms with E-state index in [2.05, 4.69) is 44.9 Å². The van der Waals surface area contributed by atoms with E-state index < -0.39 is 0 Å². The summed E-state index contributed by atoms with van der Waals surface area (Å²) < 4.78 is 5.52. The summed E-state index contributed by atoms with van der Waals surface area (Å²) in [6.07, 6.45) is 2.90. The molecule has 1 N–H and O–H groups in total. The molecule has 0 aromatic carbocycles. The minimum absolute atomic E-state index is 0.202. The molecule has 1 unspecified atom stereocenters. The van der Waals surface area contributed by atoms with Crippen LogP contribution >= 0.6 is 0 Å². The topological polar surface area (TPSA) is 34.2 Å². The smallest absolute Gasteiger partial charge is 0.128 e. The van der Waals surface area contributed by atoms with Crippen molar-refractivity contribution in [1.82, 2.24) is 10.3 Å². The van der Waals surface area contributed by atoms with Crippen LogP contribution < -0.4 is 10.1 Å². The molecule has 1 atom stereocenters. The molecule has 0 radical (unpaired) electrons. The largest absolute Gasteiger partial charge is 0.496 e. The lowest BCUT2D eigenvalue weighted by Gasteiger charge is -2.34. The van der Waals surface area contributed by atoms with E-state index in [4.69, 9.17) is 4.74 Å². The van der Waals surface area contributed by atoms with Gasteiger partial charge in [0.15, 0.2) is 0 Å². The molecule has 0 aliphatic rings. The number of hydrogen-bond acceptors (Lipinski definition) is 3. The maximum Gasteiger partial charge on any atom is 0.128 e. The number of methoxy groups -OCH3 is 1. The fourth-order valence-corrected chi connectivity index (χ4v) is 2.51. The van der Waals surface area contributed by atoms with E-state index in [1.165, 1.54) is 5.56 Å². The first kappa shape index (κ1) is 17.0. The third kappa shape index (κ3) is 3.72. The van der Waals surface area contributed by atoms with Crippen LogP contribution in [0.25, 0.3) is 0 Å². The van der Waals surface area contributed by atoms with Crippen molar-refractivity contribution in [3.8, 4) is 5.75 Å². The minimum Gasteiger partial charge on any atom is -0.496 e. The van der Waals surface area contributed by atoms with Crippen LogP contribution in [0.1, 0.15) is 44.5 Å². The molecular formula is C17H30N2O. The summed E-state index contributed by atoms with van der Waals surface area (Å²) in [4.78, 5) is 4.65. The van der Waals surface area contributed by atoms with E-state index in [0.717, 1.165) is 36.5 Å². The number of hydrogen-bond donors (Lipinski definition) is 1. The molecule has 0 bridgehead atoms. The lowest BCUT2D eigenvalue weighted by Crippen LogP contribution is -2.38. The SMILES string of the molecule is CCNCC(C)(Cc1ncc(C)c(OC)c1C)C(C)C. The zero-order valence-electron chi connectivity index (χ0n) is 14.1. The predicted octanol–water partition coefficient (Wildman–Crippen LogP) is 3.52. The van der Waals surface area contributed by atoms with Crippen LogP contribution in [0.2, 0.25) is 0 Å². The first-order chi connectivity index (χ1) is 9.35. The third-order valence-electron chi connectivity index (χ3n) is 4.49. The van der Waals surface area contributed by atoms with Crippen LogP contribution in [0.5, 0.6) is 5.75 Å². The van der Waals surface area contributed by atoms with Gasteiger partial charge in [-0.2, -0.15) is 0 Å². The summed E-state index contributed by atoms with van der Waals surface area (Å²) in [7, 11) is 1.74. The fourth-order valence-electron chi connectivity index (χ4n) is 2.51. The molecule has 0 spiro atoms. The molecule has 1 rings (SSSR count). The monoisotopic (exact) mass is 278 g/mol. The van der Waals surface area contributed by atoms with Crippen molar-refractivity contribution < 1.29 is 4.74 Å². The molecule has 0 aliphatic carbocycles. The molecule has 1 heterocycles. The quantitative estimate of drug-likeness (QED) is 0.828. The van der Waals surface area contributed by atoms with Crippen molar-refractivity contribution in [1.29, 1.82) is 0 Å². The van der Waals surface area contributed by atoms with Gasteiger partial charge >= 0.3 is 0 Å². The molecule has 0 fully saturated rings. The summed E-state index contributed by atoms with van der Waals surface area (Å²) in [6, 6.07) is 0. The van der Waals surface area contributed by atoms with Gasteiger partial charge in [-0.15, -0.1) is 0 Å². The maximum absolute atomic E-state index is 5.52. The highest BCUT2D eigenvalue weighted by Crippen LogP contribution is 2.33. The Bertz CT molecular complexity index is 443. The Labute approximate surface area is 124 Å². The molecule has 3 nitrogen and oxygen atoms in total. The Morgan fingerprint density at radius 1 is 1.35 bits per heavy atom. The zero-order valence-corrected chi connectivity index (χ0v) is 14.1. The van der Waals surface area contributed by atoms with E-state index >= 15 is 0 Å². The molecule has 0 saturated carbocycles. The third-order valence-corrected chi connectivity index (χ3v) is 4.49. The van der Waals surface area contributed by atoms with Crippen molar-refractivity contribution in [2.45, 2.75) is 48.0 Å². The van der Waals surface area contributed by atoms with Crippen LogP contribution in [-0.2, 0) is 6.42 Å². The van der Waals surface area contributed by atoms with Crippen molar-refractivity contribution in [3.63, 3.8) is 0 Å². The molecule has 1 aromatic rings. The van der Waals surface area contributed by atoms with E-state index in [9.17, 15) is 0 Å². The Balaban J connectivity index is 3.06. The molecule has 0 amide bonds. The summed E-state index contributed by atoms with van der Waals surface area (Å²) in [5.41, 5.74) is 3.64. The standard InChI is InChI=1S/C17H30N2O/c1-8-18-11-17(6,12(2)3)9-15-14(5)16(20-7)13(4)10-19-15/h10,12,18H,8-9,11H2,1-7H3. The second kappa shape index (κ2) is 7.07. The van der Waals surface area contributed by atoms with E-state index in [-0.39, 0.29) is 5.41 Å². The van der Waals surface area contributed by atoms with Crippen LogP contribution in [0, 0.1) is 25.2 Å². The van der Waals surface area contributed by atoms with Crippen molar-refractivity contribution >= 4 is 0 Å². The molecule has 3 heteroatoms. The van der Waals surface area contributed by atoms with Gasteiger partial charge in [0.1, 0.15) is 5.75 Å².